The molecule has 8 heteroatoms. The van der Waals surface area contributed by atoms with Gasteiger partial charge in [-0.3, -0.25) is 0 Å². The molecule has 1 atom stereocenters. The molecule has 2 fully saturated rings. The number of nitrogens with zero attached hydrogens (tertiary/aromatic N) is 3. The topological polar surface area (TPSA) is 87.9 Å². The fraction of sp³-hybridized carbons (Fsp3) is 0.750. The normalized spacial score (nSPS) is 20.1. The number of nitrogens with one attached hydrogen (secondary N) is 1. The second kappa shape index (κ2) is 9.80. The molecule has 3 heterocycles. The minimum atomic E-state index is -0.246. The predicted molar refractivity (Wildman–Crippen MR) is 104 cm³/mol. The molecule has 156 valence electrons. The molecule has 2 aliphatic rings. The van der Waals surface area contributed by atoms with Crippen LogP contribution >= 0.6 is 0 Å². The SMILES string of the molecule is Cc1noc(C)c1CCNC(=O)N1CCCCC1COC(=O)N1CCCCC1. The van der Waals surface area contributed by atoms with E-state index in [0.29, 0.717) is 19.5 Å². The number of amides is 3. The summed E-state index contributed by atoms with van der Waals surface area (Å²) in [6.45, 7) is 6.83. The van der Waals surface area contributed by atoms with E-state index in [2.05, 4.69) is 10.5 Å². The molecular weight excluding hydrogens is 360 g/mol. The Labute approximate surface area is 166 Å². The highest BCUT2D eigenvalue weighted by atomic mass is 16.6. The fourth-order valence-corrected chi connectivity index (χ4v) is 4.03. The van der Waals surface area contributed by atoms with Crippen molar-refractivity contribution in [2.75, 3.05) is 32.8 Å². The van der Waals surface area contributed by atoms with Crippen LogP contribution in [0.2, 0.25) is 0 Å². The van der Waals surface area contributed by atoms with E-state index in [9.17, 15) is 9.59 Å². The van der Waals surface area contributed by atoms with E-state index in [-0.39, 0.29) is 24.8 Å². The average Bonchev–Trinajstić information content (AvgIpc) is 3.05. The van der Waals surface area contributed by atoms with Crippen molar-refractivity contribution >= 4 is 12.1 Å². The molecule has 2 aliphatic heterocycles. The zero-order chi connectivity index (χ0) is 19.9. The van der Waals surface area contributed by atoms with Crippen molar-refractivity contribution in [2.24, 2.45) is 0 Å². The second-order valence-corrected chi connectivity index (χ2v) is 7.75. The maximum absolute atomic E-state index is 12.7. The van der Waals surface area contributed by atoms with Crippen molar-refractivity contribution in [3.8, 4) is 0 Å². The van der Waals surface area contributed by atoms with Crippen LogP contribution in [0.25, 0.3) is 0 Å². The van der Waals surface area contributed by atoms with Gasteiger partial charge in [-0.2, -0.15) is 0 Å². The molecule has 0 radical (unpaired) electrons. The lowest BCUT2D eigenvalue weighted by Crippen LogP contribution is -2.51. The Bertz CT molecular complexity index is 650. The summed E-state index contributed by atoms with van der Waals surface area (Å²) < 4.78 is 10.7. The summed E-state index contributed by atoms with van der Waals surface area (Å²) in [6, 6.07) is -0.146. The van der Waals surface area contributed by atoms with Crippen molar-refractivity contribution < 1.29 is 18.8 Å². The van der Waals surface area contributed by atoms with E-state index in [1.807, 2.05) is 18.7 Å². The molecule has 0 bridgehead atoms. The number of aromatic nitrogens is 1. The molecule has 28 heavy (non-hydrogen) atoms. The van der Waals surface area contributed by atoms with Crippen molar-refractivity contribution in [1.82, 2.24) is 20.3 Å². The average molecular weight is 393 g/mol. The van der Waals surface area contributed by atoms with Crippen LogP contribution < -0.4 is 5.32 Å². The van der Waals surface area contributed by atoms with Crippen LogP contribution in [0, 0.1) is 13.8 Å². The molecule has 3 rings (SSSR count). The van der Waals surface area contributed by atoms with Crippen molar-refractivity contribution in [3.05, 3.63) is 17.0 Å². The first kappa shape index (κ1) is 20.5. The van der Waals surface area contributed by atoms with Crippen LogP contribution in [0.1, 0.15) is 55.5 Å². The Balaban J connectivity index is 1.46. The summed E-state index contributed by atoms with van der Waals surface area (Å²) in [4.78, 5) is 28.5. The predicted octanol–water partition coefficient (Wildman–Crippen LogP) is 3.02. The van der Waals surface area contributed by atoms with Gasteiger partial charge in [0, 0.05) is 31.7 Å². The van der Waals surface area contributed by atoms with E-state index in [1.54, 1.807) is 4.90 Å². The second-order valence-electron chi connectivity index (χ2n) is 7.75. The first-order valence-corrected chi connectivity index (χ1v) is 10.4. The Morgan fingerprint density at radius 2 is 1.89 bits per heavy atom. The quantitative estimate of drug-likeness (QED) is 0.832. The van der Waals surface area contributed by atoms with E-state index >= 15 is 0 Å². The third-order valence-corrected chi connectivity index (χ3v) is 5.73. The molecule has 8 nitrogen and oxygen atoms in total. The molecule has 1 N–H and O–H groups in total. The van der Waals surface area contributed by atoms with Gasteiger partial charge in [0.25, 0.3) is 0 Å². The standard InChI is InChI=1S/C20H32N4O4/c1-15-18(16(2)28-22-15)9-10-21-19(25)24-13-7-4-8-17(24)14-27-20(26)23-11-5-3-6-12-23/h17H,3-14H2,1-2H3,(H,21,25). The number of ether oxygens (including phenoxy) is 1. The van der Waals surface area contributed by atoms with Gasteiger partial charge in [0.2, 0.25) is 0 Å². The molecule has 2 saturated heterocycles. The zero-order valence-corrected chi connectivity index (χ0v) is 17.0. The highest BCUT2D eigenvalue weighted by molar-refractivity contribution is 5.74. The number of aryl methyl sites for hydroxylation is 2. The number of urea groups is 1. The van der Waals surface area contributed by atoms with Gasteiger partial charge in [0.05, 0.1) is 11.7 Å². The number of rotatable bonds is 5. The smallest absolute Gasteiger partial charge is 0.409 e. The third-order valence-electron chi connectivity index (χ3n) is 5.73. The highest BCUT2D eigenvalue weighted by Gasteiger charge is 2.28. The summed E-state index contributed by atoms with van der Waals surface area (Å²) in [5.74, 6) is 0.798. The Hall–Kier alpha value is -2.25. The highest BCUT2D eigenvalue weighted by Crippen LogP contribution is 2.19. The molecular formula is C20H32N4O4. The summed E-state index contributed by atoms with van der Waals surface area (Å²) >= 11 is 0. The first-order chi connectivity index (χ1) is 13.6. The minimum Gasteiger partial charge on any atom is -0.447 e. The summed E-state index contributed by atoms with van der Waals surface area (Å²) in [7, 11) is 0. The fourth-order valence-electron chi connectivity index (χ4n) is 4.03. The van der Waals surface area contributed by atoms with Crippen LogP contribution in [-0.2, 0) is 11.2 Å². The number of hydrogen-bond donors (Lipinski definition) is 1. The van der Waals surface area contributed by atoms with E-state index < -0.39 is 0 Å². The Morgan fingerprint density at radius 1 is 1.14 bits per heavy atom. The van der Waals surface area contributed by atoms with Crippen LogP contribution in [0.15, 0.2) is 4.52 Å². The minimum absolute atomic E-state index is 0.0541. The van der Waals surface area contributed by atoms with Crippen molar-refractivity contribution in [1.29, 1.82) is 0 Å². The number of likely N-dealkylation sites (tertiary alicyclic amines) is 2. The van der Waals surface area contributed by atoms with Gasteiger partial charge in [-0.05, 0) is 58.8 Å². The van der Waals surface area contributed by atoms with Gasteiger partial charge in [0.1, 0.15) is 12.4 Å². The lowest BCUT2D eigenvalue weighted by Gasteiger charge is -2.36. The monoisotopic (exact) mass is 392 g/mol. The van der Waals surface area contributed by atoms with Gasteiger partial charge in [-0.1, -0.05) is 5.16 Å². The van der Waals surface area contributed by atoms with Gasteiger partial charge in [-0.25, -0.2) is 9.59 Å². The number of piperidine rings is 2. The van der Waals surface area contributed by atoms with Crippen molar-refractivity contribution in [3.63, 3.8) is 0 Å². The maximum Gasteiger partial charge on any atom is 0.409 e. The van der Waals surface area contributed by atoms with E-state index in [1.165, 1.54) is 6.42 Å². The molecule has 0 spiro atoms. The van der Waals surface area contributed by atoms with Crippen LogP contribution in [0.3, 0.4) is 0 Å². The van der Waals surface area contributed by atoms with Crippen LogP contribution in [0.5, 0.6) is 0 Å². The summed E-state index contributed by atoms with van der Waals surface area (Å²) in [5.41, 5.74) is 1.91. The van der Waals surface area contributed by atoms with Crippen LogP contribution in [0.4, 0.5) is 9.59 Å². The lowest BCUT2D eigenvalue weighted by atomic mass is 10.0. The molecule has 3 amide bonds. The molecule has 0 aliphatic carbocycles. The van der Waals surface area contributed by atoms with Gasteiger partial charge in [-0.15, -0.1) is 0 Å². The van der Waals surface area contributed by atoms with E-state index in [4.69, 9.17) is 9.26 Å². The molecule has 1 aromatic rings. The van der Waals surface area contributed by atoms with Crippen LogP contribution in [-0.4, -0.2) is 65.9 Å². The lowest BCUT2D eigenvalue weighted by molar-refractivity contribution is 0.0577. The van der Waals surface area contributed by atoms with Gasteiger partial charge in [0.15, 0.2) is 0 Å². The summed E-state index contributed by atoms with van der Waals surface area (Å²) in [6.07, 6.45) is 6.59. The van der Waals surface area contributed by atoms with E-state index in [0.717, 1.165) is 62.2 Å². The molecule has 1 aromatic heterocycles. The van der Waals surface area contributed by atoms with Gasteiger partial charge < -0.3 is 24.4 Å². The molecule has 0 aromatic carbocycles. The van der Waals surface area contributed by atoms with Gasteiger partial charge >= 0.3 is 12.1 Å². The zero-order valence-electron chi connectivity index (χ0n) is 17.0. The maximum atomic E-state index is 12.7. The molecule has 1 unspecified atom stereocenters. The van der Waals surface area contributed by atoms with Crippen molar-refractivity contribution in [2.45, 2.75) is 64.8 Å². The largest absolute Gasteiger partial charge is 0.447 e. The number of carbonyl (C=O) groups is 2. The summed E-state index contributed by atoms with van der Waals surface area (Å²) in [5, 5.41) is 6.94. The first-order valence-electron chi connectivity index (χ1n) is 10.4. The Kier molecular flexibility index (Phi) is 7.17. The number of hydrogen-bond acceptors (Lipinski definition) is 5. The number of carbonyl (C=O) groups excluding carboxylic acids is 2. The molecule has 0 saturated carbocycles. The third kappa shape index (κ3) is 5.17. The Morgan fingerprint density at radius 3 is 2.61 bits per heavy atom.